The highest BCUT2D eigenvalue weighted by atomic mass is 32.2. The number of methoxy groups -OCH3 is 1. The smallest absolute Gasteiger partial charge is 0.244 e. The quantitative estimate of drug-likeness (QED) is 0.720. The second kappa shape index (κ2) is 7.58. The molecule has 0 atom stereocenters. The average Bonchev–Trinajstić information content (AvgIpc) is 2.38. The predicted molar refractivity (Wildman–Crippen MR) is 79.5 cm³/mol. The maximum Gasteiger partial charge on any atom is 0.244 e. The Bertz CT molecular complexity index is 530. The maximum absolute atomic E-state index is 12.3. The first-order valence-corrected chi connectivity index (χ1v) is 7.85. The fourth-order valence-electron chi connectivity index (χ4n) is 1.73. The van der Waals surface area contributed by atoms with E-state index in [1.807, 2.05) is 32.1 Å². The Morgan fingerprint density at radius 2 is 2.00 bits per heavy atom. The van der Waals surface area contributed by atoms with Gasteiger partial charge >= 0.3 is 0 Å². The molecule has 0 heterocycles. The molecule has 0 fully saturated rings. The van der Waals surface area contributed by atoms with E-state index in [2.05, 4.69) is 10.0 Å². The van der Waals surface area contributed by atoms with Gasteiger partial charge in [-0.15, -0.1) is 0 Å². The van der Waals surface area contributed by atoms with Crippen LogP contribution in [0.1, 0.15) is 5.56 Å². The van der Waals surface area contributed by atoms with Gasteiger partial charge in [-0.1, -0.05) is 6.07 Å². The topological polar surface area (TPSA) is 70.7 Å². The number of nitrogens with one attached hydrogen (secondary N) is 2. The van der Waals surface area contributed by atoms with Crippen molar-refractivity contribution in [3.63, 3.8) is 0 Å². The maximum atomic E-state index is 12.3. The molecule has 1 aromatic carbocycles. The van der Waals surface area contributed by atoms with Crippen molar-refractivity contribution in [2.75, 3.05) is 41.3 Å². The van der Waals surface area contributed by atoms with Gasteiger partial charge in [-0.3, -0.25) is 0 Å². The van der Waals surface area contributed by atoms with Crippen LogP contribution < -0.4 is 14.8 Å². The molecule has 0 radical (unpaired) electrons. The van der Waals surface area contributed by atoms with Crippen LogP contribution >= 0.6 is 0 Å². The number of benzene rings is 1. The lowest BCUT2D eigenvalue weighted by atomic mass is 10.2. The monoisotopic (exact) mass is 301 g/mol. The third-order valence-corrected chi connectivity index (χ3v) is 4.23. The summed E-state index contributed by atoms with van der Waals surface area (Å²) in [6.07, 6.45) is 0. The molecule has 7 heteroatoms. The molecular weight excluding hydrogens is 278 g/mol. The summed E-state index contributed by atoms with van der Waals surface area (Å²) < 4.78 is 32.4. The van der Waals surface area contributed by atoms with Crippen LogP contribution in [0.2, 0.25) is 0 Å². The van der Waals surface area contributed by atoms with E-state index in [4.69, 9.17) is 4.74 Å². The van der Waals surface area contributed by atoms with Crippen molar-refractivity contribution in [2.45, 2.75) is 11.4 Å². The van der Waals surface area contributed by atoms with Crippen LogP contribution in [-0.2, 0) is 16.6 Å². The molecular formula is C13H23N3O3S. The highest BCUT2D eigenvalue weighted by Gasteiger charge is 2.19. The summed E-state index contributed by atoms with van der Waals surface area (Å²) in [6.45, 7) is 1.59. The van der Waals surface area contributed by atoms with Gasteiger partial charge in [-0.2, -0.15) is 0 Å². The zero-order valence-electron chi connectivity index (χ0n) is 12.4. The molecule has 114 valence electrons. The van der Waals surface area contributed by atoms with Gasteiger partial charge in [0.05, 0.1) is 7.11 Å². The molecule has 0 amide bonds. The normalized spacial score (nSPS) is 11.8. The minimum absolute atomic E-state index is 0.173. The van der Waals surface area contributed by atoms with E-state index in [-0.39, 0.29) is 4.90 Å². The number of ether oxygens (including phenoxy) is 1. The molecule has 0 saturated carbocycles. The molecule has 20 heavy (non-hydrogen) atoms. The Labute approximate surface area is 121 Å². The van der Waals surface area contributed by atoms with Crippen molar-refractivity contribution in [1.82, 2.24) is 14.9 Å². The van der Waals surface area contributed by atoms with Crippen LogP contribution in [0.5, 0.6) is 5.75 Å². The van der Waals surface area contributed by atoms with E-state index in [0.29, 0.717) is 25.4 Å². The van der Waals surface area contributed by atoms with Crippen LogP contribution in [0.3, 0.4) is 0 Å². The van der Waals surface area contributed by atoms with Crippen molar-refractivity contribution in [1.29, 1.82) is 0 Å². The van der Waals surface area contributed by atoms with Gasteiger partial charge < -0.3 is 15.0 Å². The molecule has 1 aromatic rings. The molecule has 0 spiro atoms. The Morgan fingerprint density at radius 3 is 2.55 bits per heavy atom. The van der Waals surface area contributed by atoms with Crippen molar-refractivity contribution in [2.24, 2.45) is 0 Å². The summed E-state index contributed by atoms with van der Waals surface area (Å²) in [5, 5.41) is 3.00. The first-order chi connectivity index (χ1) is 9.40. The molecule has 0 aliphatic rings. The summed E-state index contributed by atoms with van der Waals surface area (Å²) >= 11 is 0. The van der Waals surface area contributed by atoms with Gasteiger partial charge in [0, 0.05) is 19.6 Å². The summed E-state index contributed by atoms with van der Waals surface area (Å²) in [5.74, 6) is 0.349. The lowest BCUT2D eigenvalue weighted by Crippen LogP contribution is -2.31. The van der Waals surface area contributed by atoms with Crippen molar-refractivity contribution in [3.8, 4) is 5.75 Å². The Balaban J connectivity index is 2.99. The average molecular weight is 301 g/mol. The Kier molecular flexibility index (Phi) is 6.41. The van der Waals surface area contributed by atoms with Gasteiger partial charge in [0.25, 0.3) is 0 Å². The third kappa shape index (κ3) is 4.75. The van der Waals surface area contributed by atoms with Crippen LogP contribution in [0.15, 0.2) is 23.1 Å². The molecule has 0 aromatic heterocycles. The zero-order valence-corrected chi connectivity index (χ0v) is 13.3. The zero-order chi connectivity index (χ0) is 15.2. The van der Waals surface area contributed by atoms with Crippen molar-refractivity contribution >= 4 is 10.0 Å². The van der Waals surface area contributed by atoms with Gasteiger partial charge in [-0.25, -0.2) is 13.1 Å². The summed E-state index contributed by atoms with van der Waals surface area (Å²) in [5.41, 5.74) is 0.890. The van der Waals surface area contributed by atoms with E-state index in [9.17, 15) is 8.42 Å². The summed E-state index contributed by atoms with van der Waals surface area (Å²) in [4.78, 5) is 2.09. The van der Waals surface area contributed by atoms with Crippen molar-refractivity contribution in [3.05, 3.63) is 23.8 Å². The minimum Gasteiger partial charge on any atom is -0.495 e. The first-order valence-electron chi connectivity index (χ1n) is 6.36. The highest BCUT2D eigenvalue weighted by molar-refractivity contribution is 7.89. The second-order valence-corrected chi connectivity index (χ2v) is 6.45. The Morgan fingerprint density at radius 1 is 1.30 bits per heavy atom. The number of rotatable bonds is 8. The molecule has 0 aliphatic carbocycles. The van der Waals surface area contributed by atoms with E-state index in [1.165, 1.54) is 7.11 Å². The number of hydrogen-bond acceptors (Lipinski definition) is 5. The summed E-state index contributed by atoms with van der Waals surface area (Å²) in [6, 6.07) is 5.15. The van der Waals surface area contributed by atoms with Crippen LogP contribution in [0.4, 0.5) is 0 Å². The van der Waals surface area contributed by atoms with E-state index >= 15 is 0 Å². The van der Waals surface area contributed by atoms with E-state index < -0.39 is 10.0 Å². The van der Waals surface area contributed by atoms with Crippen LogP contribution in [-0.4, -0.2) is 54.7 Å². The van der Waals surface area contributed by atoms with Crippen molar-refractivity contribution < 1.29 is 13.2 Å². The fourth-order valence-corrected chi connectivity index (χ4v) is 2.96. The lowest BCUT2D eigenvalue weighted by Gasteiger charge is -2.14. The van der Waals surface area contributed by atoms with Gasteiger partial charge in [0.15, 0.2) is 0 Å². The standard InChI is InChI=1S/C13H23N3O3S/c1-14-10-11-5-6-12(19-4)13(9-11)20(17,18)15-7-8-16(2)3/h5-6,9,14-15H,7-8,10H2,1-4H3. The molecule has 0 saturated heterocycles. The van der Waals surface area contributed by atoms with E-state index in [0.717, 1.165) is 5.56 Å². The van der Waals surface area contributed by atoms with Crippen LogP contribution in [0, 0.1) is 0 Å². The molecule has 1 rings (SSSR count). The lowest BCUT2D eigenvalue weighted by molar-refractivity contribution is 0.400. The molecule has 0 bridgehead atoms. The van der Waals surface area contributed by atoms with Gasteiger partial charge in [0.2, 0.25) is 10.0 Å². The molecule has 0 unspecified atom stereocenters. The highest BCUT2D eigenvalue weighted by Crippen LogP contribution is 2.24. The second-order valence-electron chi connectivity index (χ2n) is 4.72. The Hall–Kier alpha value is -1.15. The minimum atomic E-state index is -3.57. The fraction of sp³-hybridized carbons (Fsp3) is 0.538. The van der Waals surface area contributed by atoms with E-state index in [1.54, 1.807) is 12.1 Å². The number of likely N-dealkylation sites (N-methyl/N-ethyl adjacent to an activating group) is 1. The predicted octanol–water partition coefficient (Wildman–Crippen LogP) is 0.255. The molecule has 6 nitrogen and oxygen atoms in total. The molecule has 2 N–H and O–H groups in total. The first kappa shape index (κ1) is 16.9. The van der Waals surface area contributed by atoms with Gasteiger partial charge in [-0.05, 0) is 38.8 Å². The number of nitrogens with zero attached hydrogens (tertiary/aromatic N) is 1. The number of sulfonamides is 1. The number of hydrogen-bond donors (Lipinski definition) is 2. The summed E-state index contributed by atoms with van der Waals surface area (Å²) in [7, 11) is 3.49. The van der Waals surface area contributed by atoms with Crippen LogP contribution in [0.25, 0.3) is 0 Å². The third-order valence-electron chi connectivity index (χ3n) is 2.75. The largest absolute Gasteiger partial charge is 0.495 e. The SMILES string of the molecule is CNCc1ccc(OC)c(S(=O)(=O)NCCN(C)C)c1. The molecule has 0 aliphatic heterocycles. The van der Waals surface area contributed by atoms with Gasteiger partial charge in [0.1, 0.15) is 10.6 Å².